The van der Waals surface area contributed by atoms with Gasteiger partial charge in [-0.25, -0.2) is 4.68 Å². The molecule has 0 fully saturated rings. The fourth-order valence-corrected chi connectivity index (χ4v) is 2.79. The van der Waals surface area contributed by atoms with Crippen LogP contribution in [0.5, 0.6) is 0 Å². The number of carbonyl (C=O) groups is 1. The minimum absolute atomic E-state index is 0.372. The topological polar surface area (TPSA) is 60.9 Å². The fraction of sp³-hybridized carbons (Fsp3) is 0.231. The van der Waals surface area contributed by atoms with Gasteiger partial charge in [0.05, 0.1) is 26.9 Å². The zero-order valence-corrected chi connectivity index (χ0v) is 13.6. The van der Waals surface area contributed by atoms with Crippen molar-refractivity contribution in [3.05, 3.63) is 44.7 Å². The summed E-state index contributed by atoms with van der Waals surface area (Å²) in [6.07, 6.45) is -9.79. The molecule has 2 N–H and O–H groups in total. The number of benzene rings is 1. The van der Waals surface area contributed by atoms with Gasteiger partial charge in [0.15, 0.2) is 5.69 Å². The summed E-state index contributed by atoms with van der Waals surface area (Å²) < 4.78 is 77.9. The van der Waals surface area contributed by atoms with Crippen LogP contribution in [0, 0.1) is 6.92 Å². The monoisotopic (exact) mass is 405 g/mol. The van der Waals surface area contributed by atoms with E-state index in [0.717, 1.165) is 6.92 Å². The first kappa shape index (κ1) is 19.4. The van der Waals surface area contributed by atoms with Crippen LogP contribution in [0.25, 0.3) is 5.69 Å². The van der Waals surface area contributed by atoms with Crippen LogP contribution in [-0.4, -0.2) is 15.7 Å². The van der Waals surface area contributed by atoms with Crippen LogP contribution >= 0.6 is 23.2 Å². The highest BCUT2D eigenvalue weighted by Crippen LogP contribution is 2.39. The first-order chi connectivity index (χ1) is 11.2. The molecule has 0 atom stereocenters. The second kappa shape index (κ2) is 6.10. The number of rotatable bonds is 2. The molecule has 0 spiro atoms. The number of alkyl halides is 6. The van der Waals surface area contributed by atoms with Crippen molar-refractivity contribution < 1.29 is 31.1 Å². The lowest BCUT2D eigenvalue weighted by Gasteiger charge is -2.13. The third-order valence-corrected chi connectivity index (χ3v) is 3.76. The minimum Gasteiger partial charge on any atom is -0.365 e. The molecular formula is C13H7Cl2F6N3O. The van der Waals surface area contributed by atoms with Crippen LogP contribution in [0.2, 0.25) is 10.0 Å². The standard InChI is InChI=1S/C13H7Cl2F6N3O/c1-4-8(11(22)25)10(13(19,20)21)23-24(4)9-6(14)2-5(3-7(9)15)12(16,17)18/h2-3H,1H3,(H2,22,25). The summed E-state index contributed by atoms with van der Waals surface area (Å²) in [5, 5.41) is 2.02. The summed E-state index contributed by atoms with van der Waals surface area (Å²) in [4.78, 5) is 11.3. The van der Waals surface area contributed by atoms with E-state index in [4.69, 9.17) is 28.9 Å². The Labute approximate surface area is 146 Å². The molecule has 4 nitrogen and oxygen atoms in total. The second-order valence-corrected chi connectivity index (χ2v) is 5.68. The number of nitrogens with zero attached hydrogens (tertiary/aromatic N) is 2. The van der Waals surface area contributed by atoms with Crippen LogP contribution < -0.4 is 5.73 Å². The van der Waals surface area contributed by atoms with Crippen molar-refractivity contribution >= 4 is 29.1 Å². The molecule has 1 aromatic heterocycles. The molecule has 25 heavy (non-hydrogen) atoms. The van der Waals surface area contributed by atoms with Crippen LogP contribution in [0.15, 0.2) is 12.1 Å². The average molecular weight is 406 g/mol. The van der Waals surface area contributed by atoms with Crippen molar-refractivity contribution in [3.63, 3.8) is 0 Å². The molecule has 0 saturated heterocycles. The van der Waals surface area contributed by atoms with E-state index < -0.39 is 50.8 Å². The zero-order chi connectivity index (χ0) is 19.3. The molecule has 0 aliphatic heterocycles. The first-order valence-corrected chi connectivity index (χ1v) is 7.04. The van der Waals surface area contributed by atoms with Gasteiger partial charge in [0.1, 0.15) is 5.69 Å². The largest absolute Gasteiger partial charge is 0.435 e. The maximum atomic E-state index is 13.0. The van der Waals surface area contributed by atoms with Gasteiger partial charge in [-0.3, -0.25) is 4.79 Å². The second-order valence-electron chi connectivity index (χ2n) is 4.87. The predicted octanol–water partition coefficient (Wildman–Crippen LogP) is 4.62. The van der Waals surface area contributed by atoms with Crippen LogP contribution in [0.1, 0.15) is 27.3 Å². The Bertz CT molecular complexity index is 834. The van der Waals surface area contributed by atoms with Gasteiger partial charge in [-0.1, -0.05) is 23.2 Å². The highest BCUT2D eigenvalue weighted by Gasteiger charge is 2.41. The van der Waals surface area contributed by atoms with Crippen molar-refractivity contribution in [2.24, 2.45) is 5.73 Å². The van der Waals surface area contributed by atoms with Crippen LogP contribution in [0.3, 0.4) is 0 Å². The van der Waals surface area contributed by atoms with E-state index in [-0.39, 0.29) is 5.69 Å². The molecule has 136 valence electrons. The lowest BCUT2D eigenvalue weighted by Crippen LogP contribution is -2.18. The number of halogens is 8. The van der Waals surface area contributed by atoms with E-state index in [0.29, 0.717) is 16.8 Å². The number of aromatic nitrogens is 2. The minimum atomic E-state index is -5.02. The van der Waals surface area contributed by atoms with Gasteiger partial charge >= 0.3 is 12.4 Å². The van der Waals surface area contributed by atoms with E-state index in [1.807, 2.05) is 0 Å². The predicted molar refractivity (Wildman–Crippen MR) is 76.8 cm³/mol. The Hall–Kier alpha value is -1.94. The number of amides is 1. The zero-order valence-electron chi connectivity index (χ0n) is 12.1. The Kier molecular flexibility index (Phi) is 4.73. The molecule has 0 radical (unpaired) electrons. The van der Waals surface area contributed by atoms with Crippen molar-refractivity contribution in [1.29, 1.82) is 0 Å². The normalized spacial score (nSPS) is 12.5. The summed E-state index contributed by atoms with van der Waals surface area (Å²) in [5.74, 6) is -1.41. The molecule has 1 amide bonds. The van der Waals surface area contributed by atoms with E-state index >= 15 is 0 Å². The van der Waals surface area contributed by atoms with Crippen molar-refractivity contribution in [1.82, 2.24) is 9.78 Å². The van der Waals surface area contributed by atoms with E-state index in [9.17, 15) is 31.1 Å². The van der Waals surface area contributed by atoms with Gasteiger partial charge in [-0.2, -0.15) is 31.4 Å². The van der Waals surface area contributed by atoms with Crippen molar-refractivity contribution in [2.45, 2.75) is 19.3 Å². The molecule has 2 rings (SSSR count). The number of primary amides is 1. The Morgan fingerprint density at radius 3 is 1.88 bits per heavy atom. The molecule has 1 aromatic carbocycles. The number of nitrogens with two attached hydrogens (primary N) is 1. The summed E-state index contributed by atoms with van der Waals surface area (Å²) in [5.41, 5.74) is 0.427. The molecule has 12 heteroatoms. The van der Waals surface area contributed by atoms with Gasteiger partial charge in [-0.05, 0) is 19.1 Å². The smallest absolute Gasteiger partial charge is 0.365 e. The molecule has 0 unspecified atom stereocenters. The van der Waals surface area contributed by atoms with Gasteiger partial charge in [0.25, 0.3) is 5.91 Å². The molecule has 0 bridgehead atoms. The van der Waals surface area contributed by atoms with Crippen LogP contribution in [0.4, 0.5) is 26.3 Å². The Morgan fingerprint density at radius 2 is 1.56 bits per heavy atom. The summed E-state index contributed by atoms with van der Waals surface area (Å²) in [6.45, 7) is 1.08. The number of carbonyl (C=O) groups excluding carboxylic acids is 1. The molecule has 0 saturated carbocycles. The van der Waals surface area contributed by atoms with E-state index in [1.165, 1.54) is 0 Å². The lowest BCUT2D eigenvalue weighted by molar-refractivity contribution is -0.141. The van der Waals surface area contributed by atoms with Crippen molar-refractivity contribution in [3.8, 4) is 5.69 Å². The molecular weight excluding hydrogens is 399 g/mol. The highest BCUT2D eigenvalue weighted by molar-refractivity contribution is 6.37. The maximum absolute atomic E-state index is 13.0. The quantitative estimate of drug-likeness (QED) is 0.740. The van der Waals surface area contributed by atoms with Crippen molar-refractivity contribution in [2.75, 3.05) is 0 Å². The lowest BCUT2D eigenvalue weighted by atomic mass is 10.1. The third kappa shape index (κ3) is 3.54. The molecule has 2 aromatic rings. The third-order valence-electron chi connectivity index (χ3n) is 3.19. The van der Waals surface area contributed by atoms with Gasteiger partial charge < -0.3 is 5.73 Å². The highest BCUT2D eigenvalue weighted by atomic mass is 35.5. The van der Waals surface area contributed by atoms with Gasteiger partial charge in [-0.15, -0.1) is 0 Å². The first-order valence-electron chi connectivity index (χ1n) is 6.28. The number of hydrogen-bond donors (Lipinski definition) is 1. The summed E-state index contributed by atoms with van der Waals surface area (Å²) >= 11 is 11.5. The molecule has 0 aliphatic carbocycles. The van der Waals surface area contributed by atoms with E-state index in [2.05, 4.69) is 5.10 Å². The van der Waals surface area contributed by atoms with Gasteiger partial charge in [0, 0.05) is 0 Å². The summed E-state index contributed by atoms with van der Waals surface area (Å²) in [6, 6.07) is 0.974. The number of hydrogen-bond acceptors (Lipinski definition) is 2. The fourth-order valence-electron chi connectivity index (χ4n) is 2.14. The van der Waals surface area contributed by atoms with E-state index in [1.54, 1.807) is 0 Å². The average Bonchev–Trinajstić information content (AvgIpc) is 2.75. The molecule has 1 heterocycles. The maximum Gasteiger partial charge on any atom is 0.435 e. The van der Waals surface area contributed by atoms with Crippen LogP contribution in [-0.2, 0) is 12.4 Å². The summed E-state index contributed by atoms with van der Waals surface area (Å²) in [7, 11) is 0. The Morgan fingerprint density at radius 1 is 1.08 bits per heavy atom. The molecule has 0 aliphatic rings. The Balaban J connectivity index is 2.78. The van der Waals surface area contributed by atoms with Gasteiger partial charge in [0.2, 0.25) is 0 Å². The SMILES string of the molecule is Cc1c(C(N)=O)c(C(F)(F)F)nn1-c1c(Cl)cc(C(F)(F)F)cc1Cl.